The van der Waals surface area contributed by atoms with Crippen molar-refractivity contribution in [3.8, 4) is 0 Å². The van der Waals surface area contributed by atoms with E-state index in [0.29, 0.717) is 5.56 Å². The van der Waals surface area contributed by atoms with Crippen molar-refractivity contribution in [2.45, 2.75) is 6.92 Å². The Labute approximate surface area is 157 Å². The second kappa shape index (κ2) is 7.53. The van der Waals surface area contributed by atoms with Crippen LogP contribution in [0.15, 0.2) is 42.5 Å². The average molecular weight is 435 g/mol. The van der Waals surface area contributed by atoms with E-state index in [4.69, 9.17) is 0 Å². The highest BCUT2D eigenvalue weighted by Crippen LogP contribution is 2.25. The third-order valence-corrected chi connectivity index (χ3v) is 5.12. The summed E-state index contributed by atoms with van der Waals surface area (Å²) in [4.78, 5) is 17.1. The maximum atomic E-state index is 12.3. The molecule has 0 atom stereocenters. The smallest absolute Gasteiger partial charge is 0.255 e. The van der Waals surface area contributed by atoms with E-state index in [0.717, 1.165) is 35.4 Å². The molecule has 5 heteroatoms. The average Bonchev–Trinajstić information content (AvgIpc) is 2.57. The fourth-order valence-corrected chi connectivity index (χ4v) is 3.30. The lowest BCUT2D eigenvalue weighted by Gasteiger charge is -2.35. The molecule has 0 radical (unpaired) electrons. The van der Waals surface area contributed by atoms with Crippen molar-refractivity contribution in [3.05, 3.63) is 57.2 Å². The van der Waals surface area contributed by atoms with Crippen molar-refractivity contribution in [2.75, 3.05) is 43.4 Å². The van der Waals surface area contributed by atoms with Gasteiger partial charge in [0, 0.05) is 46.7 Å². The number of hydrogen-bond donors (Lipinski definition) is 1. The quantitative estimate of drug-likeness (QED) is 0.749. The molecule has 1 saturated heterocycles. The molecule has 126 valence electrons. The van der Waals surface area contributed by atoms with Crippen molar-refractivity contribution >= 4 is 39.9 Å². The van der Waals surface area contributed by atoms with Crippen LogP contribution in [0.3, 0.4) is 0 Å². The number of nitrogens with one attached hydrogen (secondary N) is 1. The Morgan fingerprint density at radius 1 is 1.04 bits per heavy atom. The van der Waals surface area contributed by atoms with E-state index in [9.17, 15) is 4.79 Å². The molecule has 1 N–H and O–H groups in total. The van der Waals surface area contributed by atoms with Crippen LogP contribution < -0.4 is 10.2 Å². The number of piperazine rings is 1. The van der Waals surface area contributed by atoms with Crippen LogP contribution in [0.25, 0.3) is 0 Å². The Morgan fingerprint density at radius 2 is 1.71 bits per heavy atom. The van der Waals surface area contributed by atoms with Crippen LogP contribution in [0.2, 0.25) is 0 Å². The van der Waals surface area contributed by atoms with Gasteiger partial charge in [0.15, 0.2) is 0 Å². The van der Waals surface area contributed by atoms with E-state index in [1.807, 2.05) is 30.3 Å². The molecule has 0 unspecified atom stereocenters. The van der Waals surface area contributed by atoms with Gasteiger partial charge in [0.1, 0.15) is 0 Å². The molecule has 1 aliphatic heterocycles. The number of likely N-dealkylation sites (N-methyl/N-ethyl adjacent to an activating group) is 1. The molecule has 0 aromatic heterocycles. The van der Waals surface area contributed by atoms with Gasteiger partial charge in [0.05, 0.1) is 0 Å². The minimum Gasteiger partial charge on any atom is -0.369 e. The van der Waals surface area contributed by atoms with Gasteiger partial charge in [-0.3, -0.25) is 4.79 Å². The summed E-state index contributed by atoms with van der Waals surface area (Å²) in [5.74, 6) is -0.0712. The third-order valence-electron chi connectivity index (χ3n) is 4.41. The predicted molar refractivity (Wildman–Crippen MR) is 108 cm³/mol. The first-order chi connectivity index (χ1) is 11.5. The van der Waals surface area contributed by atoms with Crippen molar-refractivity contribution in [1.29, 1.82) is 0 Å². The molecule has 0 bridgehead atoms. The molecule has 3 rings (SSSR count). The zero-order valence-corrected chi connectivity index (χ0v) is 16.2. The first-order valence-electron chi connectivity index (χ1n) is 8.14. The minimum absolute atomic E-state index is 0.0712. The van der Waals surface area contributed by atoms with Gasteiger partial charge < -0.3 is 15.1 Å². The highest BCUT2D eigenvalue weighted by Gasteiger charge is 2.16. The van der Waals surface area contributed by atoms with Crippen LogP contribution in [-0.4, -0.2) is 44.0 Å². The number of anilines is 2. The van der Waals surface area contributed by atoms with Crippen molar-refractivity contribution in [1.82, 2.24) is 4.90 Å². The summed E-state index contributed by atoms with van der Waals surface area (Å²) in [5, 5.41) is 2.99. The number of aryl methyl sites for hydroxylation is 1. The van der Waals surface area contributed by atoms with E-state index < -0.39 is 0 Å². The molecule has 24 heavy (non-hydrogen) atoms. The number of amides is 1. The van der Waals surface area contributed by atoms with Gasteiger partial charge in [-0.15, -0.1) is 0 Å². The molecule has 2 aromatic rings. The Morgan fingerprint density at radius 3 is 2.33 bits per heavy atom. The van der Waals surface area contributed by atoms with Crippen LogP contribution in [0, 0.1) is 10.5 Å². The van der Waals surface area contributed by atoms with Crippen molar-refractivity contribution in [2.24, 2.45) is 0 Å². The molecule has 0 aliphatic carbocycles. The summed E-state index contributed by atoms with van der Waals surface area (Å²) in [5.41, 5.74) is 3.97. The number of benzene rings is 2. The number of carbonyl (C=O) groups excluding carboxylic acids is 1. The van der Waals surface area contributed by atoms with E-state index in [1.165, 1.54) is 11.3 Å². The van der Waals surface area contributed by atoms with Crippen molar-refractivity contribution < 1.29 is 4.79 Å². The SMILES string of the molecule is Cc1cc(NC(=O)c2ccc(I)cc2)ccc1N1CCN(C)CC1. The molecule has 0 saturated carbocycles. The number of rotatable bonds is 3. The number of nitrogens with zero attached hydrogens (tertiary/aromatic N) is 2. The van der Waals surface area contributed by atoms with E-state index >= 15 is 0 Å². The molecular formula is C19H22IN3O. The molecule has 0 spiro atoms. The summed E-state index contributed by atoms with van der Waals surface area (Å²) in [7, 11) is 2.16. The Kier molecular flexibility index (Phi) is 5.40. The summed E-state index contributed by atoms with van der Waals surface area (Å²) >= 11 is 2.23. The summed E-state index contributed by atoms with van der Waals surface area (Å²) in [6, 6.07) is 13.7. The van der Waals surface area contributed by atoms with E-state index in [-0.39, 0.29) is 5.91 Å². The third kappa shape index (κ3) is 4.08. The summed E-state index contributed by atoms with van der Waals surface area (Å²) < 4.78 is 1.12. The molecule has 1 heterocycles. The summed E-state index contributed by atoms with van der Waals surface area (Å²) in [6.07, 6.45) is 0. The van der Waals surface area contributed by atoms with Crippen LogP contribution >= 0.6 is 22.6 Å². The lowest BCUT2D eigenvalue weighted by molar-refractivity contribution is 0.102. The lowest BCUT2D eigenvalue weighted by atomic mass is 10.1. The first-order valence-corrected chi connectivity index (χ1v) is 9.22. The molecule has 1 amide bonds. The minimum atomic E-state index is -0.0712. The standard InChI is InChI=1S/C19H22IN3O/c1-14-13-17(21-19(24)15-3-5-16(20)6-4-15)7-8-18(14)23-11-9-22(2)10-12-23/h3-8,13H,9-12H2,1-2H3,(H,21,24). The number of carbonyl (C=O) groups is 1. The second-order valence-electron chi connectivity index (χ2n) is 6.25. The van der Waals surface area contributed by atoms with Gasteiger partial charge >= 0.3 is 0 Å². The van der Waals surface area contributed by atoms with Crippen LogP contribution in [0.4, 0.5) is 11.4 Å². The Hall–Kier alpha value is -1.60. The summed E-state index contributed by atoms with van der Waals surface area (Å²) in [6.45, 7) is 6.38. The Bertz CT molecular complexity index is 722. The molecular weight excluding hydrogens is 413 g/mol. The maximum absolute atomic E-state index is 12.3. The fraction of sp³-hybridized carbons (Fsp3) is 0.316. The first kappa shape index (κ1) is 17.2. The van der Waals surface area contributed by atoms with E-state index in [2.05, 4.69) is 63.8 Å². The molecule has 1 fully saturated rings. The van der Waals surface area contributed by atoms with Gasteiger partial charge in [-0.1, -0.05) is 0 Å². The predicted octanol–water partition coefficient (Wildman–Crippen LogP) is 3.60. The number of hydrogen-bond acceptors (Lipinski definition) is 3. The largest absolute Gasteiger partial charge is 0.369 e. The Balaban J connectivity index is 1.70. The van der Waals surface area contributed by atoms with Gasteiger partial charge in [-0.25, -0.2) is 0 Å². The lowest BCUT2D eigenvalue weighted by Crippen LogP contribution is -2.44. The highest BCUT2D eigenvalue weighted by molar-refractivity contribution is 14.1. The van der Waals surface area contributed by atoms with Crippen molar-refractivity contribution in [3.63, 3.8) is 0 Å². The molecule has 2 aromatic carbocycles. The van der Waals surface area contributed by atoms with Gasteiger partial charge in [-0.05, 0) is 84.6 Å². The number of halogens is 1. The maximum Gasteiger partial charge on any atom is 0.255 e. The highest BCUT2D eigenvalue weighted by atomic mass is 127. The van der Waals surface area contributed by atoms with Gasteiger partial charge in [-0.2, -0.15) is 0 Å². The molecule has 4 nitrogen and oxygen atoms in total. The van der Waals surface area contributed by atoms with Gasteiger partial charge in [0.25, 0.3) is 5.91 Å². The van der Waals surface area contributed by atoms with E-state index in [1.54, 1.807) is 0 Å². The van der Waals surface area contributed by atoms with Crippen LogP contribution in [0.5, 0.6) is 0 Å². The topological polar surface area (TPSA) is 35.6 Å². The van der Waals surface area contributed by atoms with Gasteiger partial charge in [0.2, 0.25) is 0 Å². The molecule has 1 aliphatic rings. The second-order valence-corrected chi connectivity index (χ2v) is 7.50. The van der Waals surface area contributed by atoms with Crippen LogP contribution in [-0.2, 0) is 0 Å². The van der Waals surface area contributed by atoms with Crippen LogP contribution in [0.1, 0.15) is 15.9 Å². The fourth-order valence-electron chi connectivity index (χ4n) is 2.94. The zero-order valence-electron chi connectivity index (χ0n) is 14.1. The normalized spacial score (nSPS) is 15.4. The monoisotopic (exact) mass is 435 g/mol. The zero-order chi connectivity index (χ0) is 17.1.